The minimum Gasteiger partial charge on any atom is -0.352 e. The second kappa shape index (κ2) is 10.3. The van der Waals surface area contributed by atoms with Crippen LogP contribution in [0.25, 0.3) is 0 Å². The van der Waals surface area contributed by atoms with Crippen molar-refractivity contribution < 1.29 is 14.4 Å². The molecule has 8 heteroatoms. The number of rotatable bonds is 8. The maximum absolute atomic E-state index is 12.4. The Hall–Kier alpha value is -3.52. The number of anilines is 1. The fourth-order valence-corrected chi connectivity index (χ4v) is 3.66. The number of thiophene rings is 1. The lowest BCUT2D eigenvalue weighted by Crippen LogP contribution is -2.32. The summed E-state index contributed by atoms with van der Waals surface area (Å²) in [6.07, 6.45) is 3.27. The van der Waals surface area contributed by atoms with Crippen molar-refractivity contribution in [1.82, 2.24) is 15.6 Å². The van der Waals surface area contributed by atoms with Crippen LogP contribution < -0.4 is 16.0 Å². The fourth-order valence-electron chi connectivity index (χ4n) is 2.88. The van der Waals surface area contributed by atoms with Gasteiger partial charge in [-0.3, -0.25) is 19.4 Å². The van der Waals surface area contributed by atoms with Crippen molar-refractivity contribution in [2.75, 3.05) is 5.32 Å². The van der Waals surface area contributed by atoms with Crippen LogP contribution in [-0.4, -0.2) is 22.7 Å². The monoisotopic (exact) mass is 422 g/mol. The SMILES string of the molecule is CC(=O)NC(CC(=O)NCc1cccc(NC(=O)c2ccncc2)c1)c1cccs1. The Bertz CT molecular complexity index is 1010. The summed E-state index contributed by atoms with van der Waals surface area (Å²) in [5.74, 6) is -0.583. The van der Waals surface area contributed by atoms with Gasteiger partial charge in [0.15, 0.2) is 0 Å². The fraction of sp³-hybridized carbons (Fsp3) is 0.182. The molecule has 7 nitrogen and oxygen atoms in total. The molecule has 3 N–H and O–H groups in total. The summed E-state index contributed by atoms with van der Waals surface area (Å²) in [5, 5.41) is 10.4. The van der Waals surface area contributed by atoms with Crippen molar-refractivity contribution in [1.29, 1.82) is 0 Å². The van der Waals surface area contributed by atoms with E-state index in [1.54, 1.807) is 30.6 Å². The molecule has 2 heterocycles. The van der Waals surface area contributed by atoms with E-state index in [9.17, 15) is 14.4 Å². The van der Waals surface area contributed by atoms with Gasteiger partial charge in [-0.05, 0) is 41.3 Å². The van der Waals surface area contributed by atoms with E-state index in [2.05, 4.69) is 20.9 Å². The first-order valence-electron chi connectivity index (χ1n) is 9.39. The summed E-state index contributed by atoms with van der Waals surface area (Å²) in [6.45, 7) is 1.75. The van der Waals surface area contributed by atoms with Gasteiger partial charge >= 0.3 is 0 Å². The number of carbonyl (C=O) groups excluding carboxylic acids is 3. The summed E-state index contributed by atoms with van der Waals surface area (Å²) < 4.78 is 0. The highest BCUT2D eigenvalue weighted by Crippen LogP contribution is 2.22. The molecule has 0 saturated carbocycles. The van der Waals surface area contributed by atoms with E-state index >= 15 is 0 Å². The molecule has 2 aromatic heterocycles. The van der Waals surface area contributed by atoms with Crippen LogP contribution in [0.4, 0.5) is 5.69 Å². The van der Waals surface area contributed by atoms with Crippen molar-refractivity contribution in [3.05, 3.63) is 82.3 Å². The number of benzene rings is 1. The largest absolute Gasteiger partial charge is 0.352 e. The average molecular weight is 423 g/mol. The third-order valence-electron chi connectivity index (χ3n) is 4.27. The summed E-state index contributed by atoms with van der Waals surface area (Å²) in [4.78, 5) is 41.0. The van der Waals surface area contributed by atoms with E-state index in [0.29, 0.717) is 17.8 Å². The minimum absolute atomic E-state index is 0.151. The Morgan fingerprint density at radius 1 is 1.07 bits per heavy atom. The number of hydrogen-bond donors (Lipinski definition) is 3. The van der Waals surface area contributed by atoms with Gasteiger partial charge in [0.1, 0.15) is 0 Å². The van der Waals surface area contributed by atoms with Crippen molar-refractivity contribution in [3.63, 3.8) is 0 Å². The Kier molecular flexibility index (Phi) is 7.29. The molecule has 3 amide bonds. The zero-order chi connectivity index (χ0) is 21.3. The zero-order valence-electron chi connectivity index (χ0n) is 16.4. The first-order valence-corrected chi connectivity index (χ1v) is 10.3. The van der Waals surface area contributed by atoms with Gasteiger partial charge in [-0.1, -0.05) is 18.2 Å². The summed E-state index contributed by atoms with van der Waals surface area (Å²) in [5.41, 5.74) is 2.00. The Morgan fingerprint density at radius 3 is 2.57 bits per heavy atom. The molecule has 1 unspecified atom stereocenters. The van der Waals surface area contributed by atoms with Gasteiger partial charge in [-0.2, -0.15) is 0 Å². The van der Waals surface area contributed by atoms with Gasteiger partial charge in [0.25, 0.3) is 5.91 Å². The third kappa shape index (κ3) is 6.25. The van der Waals surface area contributed by atoms with E-state index in [0.717, 1.165) is 10.4 Å². The van der Waals surface area contributed by atoms with Gasteiger partial charge < -0.3 is 16.0 Å². The molecular formula is C22H22N4O3S. The number of amides is 3. The lowest BCUT2D eigenvalue weighted by atomic mass is 10.1. The molecular weight excluding hydrogens is 400 g/mol. The second-order valence-electron chi connectivity index (χ2n) is 6.64. The number of pyridine rings is 1. The molecule has 3 rings (SSSR count). The van der Waals surface area contributed by atoms with E-state index < -0.39 is 0 Å². The number of carbonyl (C=O) groups is 3. The number of nitrogens with zero attached hydrogens (tertiary/aromatic N) is 1. The summed E-state index contributed by atoms with van der Waals surface area (Å²) in [7, 11) is 0. The molecule has 1 aromatic carbocycles. The quantitative estimate of drug-likeness (QED) is 0.519. The third-order valence-corrected chi connectivity index (χ3v) is 5.26. The molecule has 0 aliphatic rings. The highest BCUT2D eigenvalue weighted by Gasteiger charge is 2.18. The topological polar surface area (TPSA) is 100 Å². The van der Waals surface area contributed by atoms with Crippen molar-refractivity contribution in [3.8, 4) is 0 Å². The molecule has 0 fully saturated rings. The van der Waals surface area contributed by atoms with Crippen LogP contribution >= 0.6 is 11.3 Å². The summed E-state index contributed by atoms with van der Waals surface area (Å²) in [6, 6.07) is 14.0. The van der Waals surface area contributed by atoms with Gasteiger partial charge in [0.05, 0.1) is 12.5 Å². The number of aromatic nitrogens is 1. The normalized spacial score (nSPS) is 11.4. The molecule has 0 bridgehead atoms. The van der Waals surface area contributed by atoms with Gasteiger partial charge in [0, 0.05) is 42.0 Å². The number of hydrogen-bond acceptors (Lipinski definition) is 5. The first-order chi connectivity index (χ1) is 14.5. The highest BCUT2D eigenvalue weighted by atomic mass is 32.1. The Labute approximate surface area is 178 Å². The van der Waals surface area contributed by atoms with Crippen molar-refractivity contribution in [2.24, 2.45) is 0 Å². The molecule has 0 aliphatic carbocycles. The molecule has 1 atom stereocenters. The van der Waals surface area contributed by atoms with Crippen LogP contribution in [0.15, 0.2) is 66.3 Å². The second-order valence-corrected chi connectivity index (χ2v) is 7.62. The zero-order valence-corrected chi connectivity index (χ0v) is 17.2. The van der Waals surface area contributed by atoms with E-state index in [4.69, 9.17) is 0 Å². The van der Waals surface area contributed by atoms with Crippen LogP contribution in [0, 0.1) is 0 Å². The van der Waals surface area contributed by atoms with Crippen LogP contribution in [-0.2, 0) is 16.1 Å². The average Bonchev–Trinajstić information content (AvgIpc) is 3.27. The molecule has 0 saturated heterocycles. The van der Waals surface area contributed by atoms with E-state index in [-0.39, 0.29) is 30.2 Å². The van der Waals surface area contributed by atoms with Gasteiger partial charge in [-0.25, -0.2) is 0 Å². The maximum Gasteiger partial charge on any atom is 0.255 e. The van der Waals surface area contributed by atoms with Crippen LogP contribution in [0.3, 0.4) is 0 Å². The van der Waals surface area contributed by atoms with Gasteiger partial charge in [-0.15, -0.1) is 11.3 Å². The number of nitrogens with one attached hydrogen (secondary N) is 3. The smallest absolute Gasteiger partial charge is 0.255 e. The lowest BCUT2D eigenvalue weighted by Gasteiger charge is -2.16. The van der Waals surface area contributed by atoms with Gasteiger partial charge in [0.2, 0.25) is 11.8 Å². The van der Waals surface area contributed by atoms with E-state index in [1.807, 2.05) is 35.7 Å². The van der Waals surface area contributed by atoms with Crippen molar-refractivity contribution in [2.45, 2.75) is 25.9 Å². The molecule has 0 aliphatic heterocycles. The predicted octanol–water partition coefficient (Wildman–Crippen LogP) is 3.28. The van der Waals surface area contributed by atoms with Crippen molar-refractivity contribution >= 4 is 34.7 Å². The van der Waals surface area contributed by atoms with Crippen LogP contribution in [0.1, 0.15) is 40.2 Å². The molecule has 3 aromatic rings. The molecule has 0 spiro atoms. The first kappa shape index (κ1) is 21.2. The molecule has 154 valence electrons. The Morgan fingerprint density at radius 2 is 1.87 bits per heavy atom. The Balaban J connectivity index is 1.56. The minimum atomic E-state index is -0.353. The summed E-state index contributed by atoms with van der Waals surface area (Å²) >= 11 is 1.50. The predicted molar refractivity (Wildman–Crippen MR) is 116 cm³/mol. The maximum atomic E-state index is 12.4. The standard InChI is InChI=1S/C22H22N4O3S/c1-15(27)25-19(20-6-3-11-30-20)13-21(28)24-14-16-4-2-5-18(12-16)26-22(29)17-7-9-23-10-8-17/h2-12,19H,13-14H2,1H3,(H,24,28)(H,25,27)(H,26,29). The highest BCUT2D eigenvalue weighted by molar-refractivity contribution is 7.10. The molecule has 30 heavy (non-hydrogen) atoms. The lowest BCUT2D eigenvalue weighted by molar-refractivity contribution is -0.122. The molecule has 0 radical (unpaired) electrons. The van der Waals surface area contributed by atoms with Crippen LogP contribution in [0.5, 0.6) is 0 Å². The van der Waals surface area contributed by atoms with E-state index in [1.165, 1.54) is 18.3 Å². The van der Waals surface area contributed by atoms with Crippen LogP contribution in [0.2, 0.25) is 0 Å².